The van der Waals surface area contributed by atoms with Gasteiger partial charge in [-0.3, -0.25) is 0 Å². The Morgan fingerprint density at radius 1 is 1.15 bits per heavy atom. The molecule has 4 heteroatoms. The third kappa shape index (κ3) is 5.72. The molecule has 0 radical (unpaired) electrons. The van der Waals surface area contributed by atoms with Gasteiger partial charge >= 0.3 is 0 Å². The van der Waals surface area contributed by atoms with Gasteiger partial charge in [0.15, 0.2) is 0 Å². The van der Waals surface area contributed by atoms with E-state index in [9.17, 15) is 0 Å². The van der Waals surface area contributed by atoms with E-state index in [2.05, 4.69) is 17.1 Å². The number of hydrogen-bond acceptors (Lipinski definition) is 3. The predicted octanol–water partition coefficient (Wildman–Crippen LogP) is 2.98. The van der Waals surface area contributed by atoms with Crippen LogP contribution in [0.15, 0.2) is 12.2 Å². The quantitative estimate of drug-likeness (QED) is 0.794. The molecular formula is C16H31ClN2O. The molecule has 2 fully saturated rings. The van der Waals surface area contributed by atoms with Crippen molar-refractivity contribution in [1.82, 2.24) is 4.90 Å². The maximum atomic E-state index is 6.25. The Kier molecular flexibility index (Phi) is 8.78. The van der Waals surface area contributed by atoms with Gasteiger partial charge in [-0.1, -0.05) is 25.0 Å². The van der Waals surface area contributed by atoms with Gasteiger partial charge in [0.2, 0.25) is 0 Å². The summed E-state index contributed by atoms with van der Waals surface area (Å²) >= 11 is 0. The van der Waals surface area contributed by atoms with Gasteiger partial charge < -0.3 is 15.4 Å². The molecule has 2 aliphatic rings. The summed E-state index contributed by atoms with van der Waals surface area (Å²) in [6.45, 7) is 6.39. The smallest absolute Gasteiger partial charge is 0.0651 e. The number of ether oxygens (including phenoxy) is 1. The Hall–Kier alpha value is -0.0900. The second-order valence-electron chi connectivity index (χ2n) is 6.11. The second-order valence-corrected chi connectivity index (χ2v) is 6.11. The molecule has 0 amide bonds. The van der Waals surface area contributed by atoms with Gasteiger partial charge in [0.05, 0.1) is 12.7 Å². The van der Waals surface area contributed by atoms with Crippen LogP contribution in [-0.2, 0) is 4.74 Å². The fourth-order valence-corrected chi connectivity index (χ4v) is 3.34. The highest BCUT2D eigenvalue weighted by atomic mass is 35.5. The summed E-state index contributed by atoms with van der Waals surface area (Å²) in [4.78, 5) is 2.60. The molecule has 0 bridgehead atoms. The van der Waals surface area contributed by atoms with Crippen molar-refractivity contribution >= 4 is 12.4 Å². The van der Waals surface area contributed by atoms with Crippen LogP contribution in [0.2, 0.25) is 0 Å². The first-order chi connectivity index (χ1) is 9.29. The van der Waals surface area contributed by atoms with E-state index in [-0.39, 0.29) is 12.4 Å². The van der Waals surface area contributed by atoms with Gasteiger partial charge in [-0.05, 0) is 38.5 Å². The van der Waals surface area contributed by atoms with Crippen LogP contribution in [0.3, 0.4) is 0 Å². The van der Waals surface area contributed by atoms with Crippen molar-refractivity contribution in [3.8, 4) is 0 Å². The van der Waals surface area contributed by atoms with Crippen molar-refractivity contribution in [3.05, 3.63) is 12.2 Å². The number of halogens is 1. The SMILES string of the molecule is C/C=C/COC1CCN(CC2CCCCC2N)CC1.Cl. The monoisotopic (exact) mass is 302 g/mol. The Morgan fingerprint density at radius 2 is 1.85 bits per heavy atom. The third-order valence-electron chi connectivity index (χ3n) is 4.66. The van der Waals surface area contributed by atoms with Crippen LogP contribution >= 0.6 is 12.4 Å². The van der Waals surface area contributed by atoms with Gasteiger partial charge in [0, 0.05) is 25.7 Å². The van der Waals surface area contributed by atoms with Crippen LogP contribution in [0.4, 0.5) is 0 Å². The molecule has 0 aromatic carbocycles. The number of likely N-dealkylation sites (tertiary alicyclic amines) is 1. The number of nitrogens with zero attached hydrogens (tertiary/aromatic N) is 1. The molecule has 2 atom stereocenters. The molecule has 1 aliphatic carbocycles. The zero-order valence-electron chi connectivity index (χ0n) is 12.8. The molecule has 1 aliphatic heterocycles. The molecule has 3 nitrogen and oxygen atoms in total. The van der Waals surface area contributed by atoms with Crippen LogP contribution in [-0.4, -0.2) is 43.3 Å². The van der Waals surface area contributed by atoms with Gasteiger partial charge in [-0.2, -0.15) is 0 Å². The average Bonchev–Trinajstić information content (AvgIpc) is 2.44. The van der Waals surface area contributed by atoms with Crippen molar-refractivity contribution in [2.75, 3.05) is 26.2 Å². The Morgan fingerprint density at radius 3 is 2.50 bits per heavy atom. The van der Waals surface area contributed by atoms with Gasteiger partial charge in [0.1, 0.15) is 0 Å². The largest absolute Gasteiger partial charge is 0.374 e. The highest BCUT2D eigenvalue weighted by molar-refractivity contribution is 5.85. The first kappa shape index (κ1) is 18.0. The summed E-state index contributed by atoms with van der Waals surface area (Å²) in [7, 11) is 0. The Labute approximate surface area is 130 Å². The molecule has 2 rings (SSSR count). The number of nitrogens with two attached hydrogens (primary N) is 1. The van der Waals surface area contributed by atoms with Crippen molar-refractivity contribution in [1.29, 1.82) is 0 Å². The van der Waals surface area contributed by atoms with Gasteiger partial charge in [0.25, 0.3) is 0 Å². The van der Waals surface area contributed by atoms with Crippen LogP contribution in [0.1, 0.15) is 45.4 Å². The zero-order chi connectivity index (χ0) is 13.5. The number of allylic oxidation sites excluding steroid dienone is 1. The number of hydrogen-bond donors (Lipinski definition) is 1. The molecule has 0 aromatic heterocycles. The Bertz CT molecular complexity index is 278. The number of piperidine rings is 1. The van der Waals surface area contributed by atoms with Crippen LogP contribution in [0, 0.1) is 5.92 Å². The molecule has 1 saturated carbocycles. The lowest BCUT2D eigenvalue weighted by atomic mass is 9.84. The summed E-state index contributed by atoms with van der Waals surface area (Å²) in [6.07, 6.45) is 12.2. The van der Waals surface area contributed by atoms with E-state index in [1.807, 2.05) is 6.92 Å². The minimum atomic E-state index is 0. The summed E-state index contributed by atoms with van der Waals surface area (Å²) in [6, 6.07) is 0.442. The maximum Gasteiger partial charge on any atom is 0.0651 e. The lowest BCUT2D eigenvalue weighted by Crippen LogP contribution is -2.45. The van der Waals surface area contributed by atoms with Gasteiger partial charge in [-0.25, -0.2) is 0 Å². The fourth-order valence-electron chi connectivity index (χ4n) is 3.34. The molecule has 2 N–H and O–H groups in total. The summed E-state index contributed by atoms with van der Waals surface area (Å²) in [5, 5.41) is 0. The van der Waals surface area contributed by atoms with E-state index >= 15 is 0 Å². The van der Waals surface area contributed by atoms with E-state index in [0.29, 0.717) is 12.1 Å². The molecule has 2 unspecified atom stereocenters. The summed E-state index contributed by atoms with van der Waals surface area (Å²) in [5.74, 6) is 0.731. The lowest BCUT2D eigenvalue weighted by molar-refractivity contribution is 0.0161. The topological polar surface area (TPSA) is 38.5 Å². The second kappa shape index (κ2) is 9.78. The van der Waals surface area contributed by atoms with Crippen LogP contribution in [0.5, 0.6) is 0 Å². The van der Waals surface area contributed by atoms with E-state index in [0.717, 1.165) is 12.5 Å². The minimum Gasteiger partial charge on any atom is -0.374 e. The minimum absolute atomic E-state index is 0. The molecule has 0 aromatic rings. The molecule has 20 heavy (non-hydrogen) atoms. The van der Waals surface area contributed by atoms with Crippen molar-refractivity contribution in [3.63, 3.8) is 0 Å². The standard InChI is InChI=1S/C16H30N2O.ClH/c1-2-3-12-19-15-8-10-18(11-9-15)13-14-6-4-5-7-16(14)17;/h2-3,14-16H,4-13,17H2,1H3;1H/b3-2+;. The van der Waals surface area contributed by atoms with Gasteiger partial charge in [-0.15, -0.1) is 12.4 Å². The molecule has 118 valence electrons. The summed E-state index contributed by atoms with van der Waals surface area (Å²) < 4.78 is 5.84. The molecular weight excluding hydrogens is 272 g/mol. The maximum absolute atomic E-state index is 6.25. The van der Waals surface area contributed by atoms with E-state index in [1.165, 1.54) is 58.2 Å². The van der Waals surface area contributed by atoms with Crippen LogP contribution in [0.25, 0.3) is 0 Å². The Balaban J connectivity index is 0.00000200. The number of rotatable bonds is 5. The average molecular weight is 303 g/mol. The highest BCUT2D eigenvalue weighted by Crippen LogP contribution is 2.25. The third-order valence-corrected chi connectivity index (χ3v) is 4.66. The normalized spacial score (nSPS) is 29.5. The lowest BCUT2D eigenvalue weighted by Gasteiger charge is -2.37. The molecule has 0 spiro atoms. The predicted molar refractivity (Wildman–Crippen MR) is 87.4 cm³/mol. The molecule has 1 heterocycles. The first-order valence-corrected chi connectivity index (χ1v) is 8.00. The van der Waals surface area contributed by atoms with Crippen molar-refractivity contribution in [2.45, 2.75) is 57.6 Å². The highest BCUT2D eigenvalue weighted by Gasteiger charge is 2.26. The fraction of sp³-hybridized carbons (Fsp3) is 0.875. The first-order valence-electron chi connectivity index (χ1n) is 8.00. The van der Waals surface area contributed by atoms with E-state index < -0.39 is 0 Å². The molecule has 1 saturated heterocycles. The summed E-state index contributed by atoms with van der Waals surface area (Å²) in [5.41, 5.74) is 6.25. The van der Waals surface area contributed by atoms with Crippen LogP contribution < -0.4 is 5.73 Å². The van der Waals surface area contributed by atoms with Crippen molar-refractivity contribution in [2.24, 2.45) is 11.7 Å². The van der Waals surface area contributed by atoms with E-state index in [1.54, 1.807) is 0 Å². The van der Waals surface area contributed by atoms with Crippen molar-refractivity contribution < 1.29 is 4.74 Å². The van der Waals surface area contributed by atoms with E-state index in [4.69, 9.17) is 10.5 Å². The zero-order valence-corrected chi connectivity index (χ0v) is 13.6.